The van der Waals surface area contributed by atoms with Gasteiger partial charge in [-0.25, -0.2) is 9.18 Å². The Balaban J connectivity index is 1.74. The maximum Gasteiger partial charge on any atom is 0.407 e. The average molecular weight is 407 g/mol. The Bertz CT molecular complexity index is 749. The summed E-state index contributed by atoms with van der Waals surface area (Å²) in [5.41, 5.74) is 7.25. The van der Waals surface area contributed by atoms with E-state index in [0.717, 1.165) is 25.1 Å². The second-order valence-corrected chi connectivity index (χ2v) is 8.23. The van der Waals surface area contributed by atoms with Crippen LogP contribution in [0.2, 0.25) is 0 Å². The molecule has 2 aliphatic rings. The number of hydrogen-bond acceptors (Lipinski definition) is 4. The van der Waals surface area contributed by atoms with E-state index in [1.165, 1.54) is 17.0 Å². The van der Waals surface area contributed by atoms with Crippen molar-refractivity contribution in [2.75, 3.05) is 32.7 Å². The Morgan fingerprint density at radius 1 is 1.21 bits per heavy atom. The molecule has 2 fully saturated rings. The van der Waals surface area contributed by atoms with E-state index < -0.39 is 6.09 Å². The lowest BCUT2D eigenvalue weighted by molar-refractivity contribution is -0.136. The predicted octanol–water partition coefficient (Wildman–Crippen LogP) is 2.27. The second-order valence-electron chi connectivity index (χ2n) is 8.23. The summed E-state index contributed by atoms with van der Waals surface area (Å²) in [6.07, 6.45) is 0.427. The van der Waals surface area contributed by atoms with Gasteiger partial charge in [-0.15, -0.1) is 0 Å². The van der Waals surface area contributed by atoms with Crippen LogP contribution in [0, 0.1) is 11.7 Å². The number of nitrogens with zero attached hydrogens (tertiary/aromatic N) is 3. The molecule has 2 aliphatic heterocycles. The van der Waals surface area contributed by atoms with Gasteiger partial charge in [-0.05, 0) is 36.1 Å². The molecule has 2 heterocycles. The van der Waals surface area contributed by atoms with Crippen LogP contribution < -0.4 is 5.73 Å². The van der Waals surface area contributed by atoms with Gasteiger partial charge >= 0.3 is 6.09 Å². The molecule has 7 nitrogen and oxygen atoms in total. The third kappa shape index (κ3) is 4.70. The highest BCUT2D eigenvalue weighted by molar-refractivity contribution is 5.78. The molecule has 2 unspecified atom stereocenters. The van der Waals surface area contributed by atoms with Crippen molar-refractivity contribution in [1.29, 1.82) is 0 Å². The minimum absolute atomic E-state index is 0.00195. The zero-order valence-corrected chi connectivity index (χ0v) is 17.2. The molecule has 0 radical (unpaired) electrons. The SMILES string of the molecule is CC(C)C(=O)N1CCN(C2CCN(C(=O)O)C(c3ccc(F)cc3CN)C2)CC1. The van der Waals surface area contributed by atoms with Gasteiger partial charge in [0.1, 0.15) is 5.82 Å². The third-order valence-corrected chi connectivity index (χ3v) is 6.14. The summed E-state index contributed by atoms with van der Waals surface area (Å²) in [4.78, 5) is 29.8. The normalized spacial score (nSPS) is 23.5. The molecule has 2 amide bonds. The highest BCUT2D eigenvalue weighted by Crippen LogP contribution is 2.35. The molecular formula is C21H31FN4O3. The molecule has 2 atom stereocenters. The van der Waals surface area contributed by atoms with Gasteiger partial charge in [0.15, 0.2) is 0 Å². The van der Waals surface area contributed by atoms with E-state index >= 15 is 0 Å². The van der Waals surface area contributed by atoms with Crippen molar-refractivity contribution >= 4 is 12.0 Å². The highest BCUT2D eigenvalue weighted by Gasteiger charge is 2.37. The summed E-state index contributed by atoms with van der Waals surface area (Å²) in [5, 5.41) is 9.70. The van der Waals surface area contributed by atoms with Gasteiger partial charge in [0.25, 0.3) is 0 Å². The van der Waals surface area contributed by atoms with Crippen LogP contribution in [0.25, 0.3) is 0 Å². The van der Waals surface area contributed by atoms with E-state index in [9.17, 15) is 19.1 Å². The van der Waals surface area contributed by atoms with Crippen LogP contribution in [0.5, 0.6) is 0 Å². The number of piperidine rings is 1. The number of piperazine rings is 1. The van der Waals surface area contributed by atoms with Gasteiger partial charge in [0.2, 0.25) is 5.91 Å². The van der Waals surface area contributed by atoms with E-state index in [0.29, 0.717) is 31.6 Å². The minimum atomic E-state index is -0.965. The molecule has 29 heavy (non-hydrogen) atoms. The van der Waals surface area contributed by atoms with Crippen molar-refractivity contribution in [3.8, 4) is 0 Å². The fourth-order valence-electron chi connectivity index (χ4n) is 4.55. The Labute approximate surface area is 171 Å². The Morgan fingerprint density at radius 2 is 1.90 bits per heavy atom. The number of carbonyl (C=O) groups excluding carboxylic acids is 1. The van der Waals surface area contributed by atoms with Crippen LogP contribution in [0.1, 0.15) is 43.9 Å². The number of likely N-dealkylation sites (tertiary alicyclic amines) is 1. The molecule has 8 heteroatoms. The molecule has 0 saturated carbocycles. The first kappa shape index (κ1) is 21.5. The standard InChI is InChI=1S/C21H31FN4O3/c1-14(2)20(27)25-9-7-24(8-10-25)17-5-6-26(21(28)29)19(12-17)18-4-3-16(22)11-15(18)13-23/h3-4,11,14,17,19H,5-10,12-13,23H2,1-2H3,(H,28,29). The first-order valence-corrected chi connectivity index (χ1v) is 10.3. The smallest absolute Gasteiger partial charge is 0.407 e. The fourth-order valence-corrected chi connectivity index (χ4v) is 4.55. The fraction of sp³-hybridized carbons (Fsp3) is 0.619. The zero-order valence-electron chi connectivity index (χ0n) is 17.2. The third-order valence-electron chi connectivity index (χ3n) is 6.14. The van der Waals surface area contributed by atoms with Crippen molar-refractivity contribution < 1.29 is 19.1 Å². The molecule has 2 saturated heterocycles. The van der Waals surface area contributed by atoms with Crippen LogP contribution in [-0.4, -0.2) is 70.6 Å². The van der Waals surface area contributed by atoms with Crippen LogP contribution in [-0.2, 0) is 11.3 Å². The number of benzene rings is 1. The van der Waals surface area contributed by atoms with Crippen molar-refractivity contribution in [3.63, 3.8) is 0 Å². The summed E-state index contributed by atoms with van der Waals surface area (Å²) < 4.78 is 13.7. The van der Waals surface area contributed by atoms with Crippen LogP contribution in [0.15, 0.2) is 18.2 Å². The number of carboxylic acid groups (broad SMARTS) is 1. The summed E-state index contributed by atoms with van der Waals surface area (Å²) in [7, 11) is 0. The lowest BCUT2D eigenvalue weighted by atomic mass is 9.88. The van der Waals surface area contributed by atoms with Crippen LogP contribution in [0.4, 0.5) is 9.18 Å². The number of hydrogen-bond donors (Lipinski definition) is 2. The first-order chi connectivity index (χ1) is 13.8. The maximum absolute atomic E-state index is 13.7. The van der Waals surface area contributed by atoms with Gasteiger partial charge in [-0.2, -0.15) is 0 Å². The molecule has 3 rings (SSSR count). The predicted molar refractivity (Wildman–Crippen MR) is 108 cm³/mol. The molecular weight excluding hydrogens is 375 g/mol. The molecule has 160 valence electrons. The summed E-state index contributed by atoms with van der Waals surface area (Å²) in [6.45, 7) is 7.40. The number of carbonyl (C=O) groups is 2. The number of rotatable bonds is 4. The van der Waals surface area contributed by atoms with Crippen molar-refractivity contribution in [3.05, 3.63) is 35.1 Å². The largest absolute Gasteiger partial charge is 0.465 e. The summed E-state index contributed by atoms with van der Waals surface area (Å²) in [6, 6.07) is 4.31. The molecule has 0 aliphatic carbocycles. The van der Waals surface area contributed by atoms with Crippen molar-refractivity contribution in [1.82, 2.24) is 14.7 Å². The minimum Gasteiger partial charge on any atom is -0.465 e. The van der Waals surface area contributed by atoms with Gasteiger partial charge in [0, 0.05) is 51.2 Å². The summed E-state index contributed by atoms with van der Waals surface area (Å²) >= 11 is 0. The number of nitrogens with two attached hydrogens (primary N) is 1. The van der Waals surface area contributed by atoms with Crippen LogP contribution >= 0.6 is 0 Å². The van der Waals surface area contributed by atoms with E-state index in [1.54, 1.807) is 6.07 Å². The van der Waals surface area contributed by atoms with Gasteiger partial charge in [0.05, 0.1) is 6.04 Å². The zero-order chi connectivity index (χ0) is 21.1. The van der Waals surface area contributed by atoms with Gasteiger partial charge < -0.3 is 20.6 Å². The maximum atomic E-state index is 13.7. The molecule has 3 N–H and O–H groups in total. The quantitative estimate of drug-likeness (QED) is 0.801. The first-order valence-electron chi connectivity index (χ1n) is 10.3. The monoisotopic (exact) mass is 406 g/mol. The molecule has 0 bridgehead atoms. The van der Waals surface area contributed by atoms with Gasteiger partial charge in [-0.1, -0.05) is 19.9 Å². The molecule has 1 aromatic carbocycles. The second kappa shape index (κ2) is 9.09. The highest BCUT2D eigenvalue weighted by atomic mass is 19.1. The van der Waals surface area contributed by atoms with Crippen molar-refractivity contribution in [2.45, 2.75) is 45.3 Å². The molecule has 1 aromatic rings. The van der Waals surface area contributed by atoms with E-state index in [2.05, 4.69) is 4.90 Å². The summed E-state index contributed by atoms with van der Waals surface area (Å²) in [5.74, 6) is -0.186. The number of amides is 2. The van der Waals surface area contributed by atoms with Crippen molar-refractivity contribution in [2.24, 2.45) is 11.7 Å². The van der Waals surface area contributed by atoms with E-state index in [4.69, 9.17) is 5.73 Å². The molecule has 0 aromatic heterocycles. The Hall–Kier alpha value is -2.19. The lowest BCUT2D eigenvalue weighted by Crippen LogP contribution is -2.55. The number of halogens is 1. The molecule has 0 spiro atoms. The lowest BCUT2D eigenvalue weighted by Gasteiger charge is -2.45. The van der Waals surface area contributed by atoms with E-state index in [1.807, 2.05) is 18.7 Å². The average Bonchev–Trinajstić information content (AvgIpc) is 2.72. The topological polar surface area (TPSA) is 90.1 Å². The van der Waals surface area contributed by atoms with E-state index in [-0.39, 0.29) is 36.3 Å². The Morgan fingerprint density at radius 3 is 2.48 bits per heavy atom. The Kier molecular flexibility index (Phi) is 6.74. The van der Waals surface area contributed by atoms with Gasteiger partial charge in [-0.3, -0.25) is 9.69 Å². The van der Waals surface area contributed by atoms with Crippen LogP contribution in [0.3, 0.4) is 0 Å².